The second-order valence-electron chi connectivity index (χ2n) is 7.91. The topological polar surface area (TPSA) is 72.5 Å². The van der Waals surface area contributed by atoms with Gasteiger partial charge in [0.1, 0.15) is 5.75 Å². The normalized spacial score (nSPS) is 14.6. The van der Waals surface area contributed by atoms with Crippen molar-refractivity contribution in [1.82, 2.24) is 5.32 Å². The summed E-state index contributed by atoms with van der Waals surface area (Å²) < 4.78 is 30.0. The van der Waals surface area contributed by atoms with Crippen molar-refractivity contribution in [2.24, 2.45) is 5.92 Å². The summed E-state index contributed by atoms with van der Waals surface area (Å²) in [7, 11) is -3.37. The summed E-state index contributed by atoms with van der Waals surface area (Å²) in [6, 6.07) is 22.9. The number of amides is 1. The van der Waals surface area contributed by atoms with Crippen LogP contribution in [-0.4, -0.2) is 27.2 Å². The van der Waals surface area contributed by atoms with Crippen molar-refractivity contribution in [3.63, 3.8) is 0 Å². The number of para-hydroxylation sites is 1. The molecule has 1 fully saturated rings. The van der Waals surface area contributed by atoms with Crippen LogP contribution in [-0.2, 0) is 9.84 Å². The van der Waals surface area contributed by atoms with Crippen LogP contribution in [0, 0.1) is 5.92 Å². The van der Waals surface area contributed by atoms with Crippen LogP contribution in [0.4, 0.5) is 0 Å². The standard InChI is InChI=1S/C25H25NO4S/c1-31(28,29)21-11-7-10-20(16-21)24(19-8-3-2-4-9-19)26-25(27)22-12-5-6-13-23(22)30-17-18-14-15-18/h2-13,16,18,24H,14-15,17H2,1H3,(H,26,27). The molecule has 0 spiro atoms. The number of ether oxygens (including phenoxy) is 1. The van der Waals surface area contributed by atoms with Gasteiger partial charge in [0.15, 0.2) is 9.84 Å². The molecule has 31 heavy (non-hydrogen) atoms. The molecule has 0 aliphatic heterocycles. The molecule has 4 rings (SSSR count). The molecule has 6 heteroatoms. The van der Waals surface area contributed by atoms with Crippen molar-refractivity contribution in [3.8, 4) is 5.75 Å². The molecule has 1 aliphatic rings. The van der Waals surface area contributed by atoms with E-state index in [1.165, 1.54) is 19.1 Å². The van der Waals surface area contributed by atoms with Gasteiger partial charge >= 0.3 is 0 Å². The lowest BCUT2D eigenvalue weighted by Crippen LogP contribution is -2.30. The third-order valence-corrected chi connectivity index (χ3v) is 6.44. The Balaban J connectivity index is 1.66. The number of rotatable bonds is 8. The maximum Gasteiger partial charge on any atom is 0.255 e. The van der Waals surface area contributed by atoms with Gasteiger partial charge in [0.2, 0.25) is 0 Å². The van der Waals surface area contributed by atoms with Crippen LogP contribution in [0.1, 0.15) is 40.4 Å². The Kier molecular flexibility index (Phi) is 6.09. The first-order valence-corrected chi connectivity index (χ1v) is 12.2. The molecule has 0 saturated heterocycles. The summed E-state index contributed by atoms with van der Waals surface area (Å²) >= 11 is 0. The molecule has 1 amide bonds. The molecule has 0 radical (unpaired) electrons. The summed E-state index contributed by atoms with van der Waals surface area (Å²) in [4.78, 5) is 13.5. The van der Waals surface area contributed by atoms with E-state index in [0.29, 0.717) is 29.4 Å². The highest BCUT2D eigenvalue weighted by atomic mass is 32.2. The summed E-state index contributed by atoms with van der Waals surface area (Å²) in [6.07, 6.45) is 3.51. The maximum atomic E-state index is 13.3. The van der Waals surface area contributed by atoms with E-state index in [0.717, 1.165) is 5.56 Å². The van der Waals surface area contributed by atoms with Gasteiger partial charge in [-0.05, 0) is 54.2 Å². The molecule has 5 nitrogen and oxygen atoms in total. The molecule has 160 valence electrons. The molecule has 3 aromatic rings. The molecule has 0 aromatic heterocycles. The highest BCUT2D eigenvalue weighted by Crippen LogP contribution is 2.31. The Morgan fingerprint density at radius 2 is 1.65 bits per heavy atom. The van der Waals surface area contributed by atoms with E-state index in [2.05, 4.69) is 5.32 Å². The fourth-order valence-corrected chi connectivity index (χ4v) is 4.09. The van der Waals surface area contributed by atoms with Gasteiger partial charge in [0.25, 0.3) is 5.91 Å². The van der Waals surface area contributed by atoms with Gasteiger partial charge in [-0.1, -0.05) is 54.6 Å². The van der Waals surface area contributed by atoms with Crippen molar-refractivity contribution in [1.29, 1.82) is 0 Å². The van der Waals surface area contributed by atoms with E-state index in [-0.39, 0.29) is 10.8 Å². The van der Waals surface area contributed by atoms with Gasteiger partial charge in [-0.3, -0.25) is 4.79 Å². The van der Waals surface area contributed by atoms with E-state index in [1.807, 2.05) is 42.5 Å². The Hall–Kier alpha value is -3.12. The average Bonchev–Trinajstić information content (AvgIpc) is 3.61. The molecule has 0 bridgehead atoms. The molecule has 1 atom stereocenters. The summed E-state index contributed by atoms with van der Waals surface area (Å²) in [5.41, 5.74) is 2.01. The minimum absolute atomic E-state index is 0.216. The number of carbonyl (C=O) groups is 1. The van der Waals surface area contributed by atoms with Gasteiger partial charge in [-0.15, -0.1) is 0 Å². The quantitative estimate of drug-likeness (QED) is 0.569. The van der Waals surface area contributed by atoms with E-state index < -0.39 is 15.9 Å². The van der Waals surface area contributed by atoms with Crippen LogP contribution in [0.5, 0.6) is 5.75 Å². The van der Waals surface area contributed by atoms with Gasteiger partial charge in [-0.2, -0.15) is 0 Å². The van der Waals surface area contributed by atoms with Crippen LogP contribution >= 0.6 is 0 Å². The SMILES string of the molecule is CS(=O)(=O)c1cccc(C(NC(=O)c2ccccc2OCC2CC2)c2ccccc2)c1. The smallest absolute Gasteiger partial charge is 0.255 e. The van der Waals surface area contributed by atoms with Crippen LogP contribution in [0.2, 0.25) is 0 Å². The minimum Gasteiger partial charge on any atom is -0.492 e. The van der Waals surface area contributed by atoms with Crippen molar-refractivity contribution >= 4 is 15.7 Å². The number of hydrogen-bond acceptors (Lipinski definition) is 4. The maximum absolute atomic E-state index is 13.3. The van der Waals surface area contributed by atoms with Crippen molar-refractivity contribution in [2.75, 3.05) is 12.9 Å². The summed E-state index contributed by atoms with van der Waals surface area (Å²) in [5.74, 6) is 0.862. The first-order valence-electron chi connectivity index (χ1n) is 10.3. The molecular formula is C25H25NO4S. The molecule has 3 aromatic carbocycles. The van der Waals surface area contributed by atoms with Crippen molar-refractivity contribution in [3.05, 3.63) is 95.6 Å². The van der Waals surface area contributed by atoms with E-state index >= 15 is 0 Å². The monoisotopic (exact) mass is 435 g/mol. The lowest BCUT2D eigenvalue weighted by Gasteiger charge is -2.21. The van der Waals surface area contributed by atoms with Crippen LogP contribution in [0.15, 0.2) is 83.8 Å². The fourth-order valence-electron chi connectivity index (χ4n) is 3.41. The lowest BCUT2D eigenvalue weighted by molar-refractivity contribution is 0.0938. The number of nitrogens with one attached hydrogen (secondary N) is 1. The third kappa shape index (κ3) is 5.33. The number of carbonyl (C=O) groups excluding carboxylic acids is 1. The summed E-state index contributed by atoms with van der Waals surface area (Å²) in [5, 5.41) is 3.07. The first-order chi connectivity index (χ1) is 14.9. The Morgan fingerprint density at radius 1 is 0.968 bits per heavy atom. The van der Waals surface area contributed by atoms with Crippen molar-refractivity contribution < 1.29 is 17.9 Å². The van der Waals surface area contributed by atoms with Crippen LogP contribution in [0.3, 0.4) is 0 Å². The summed E-state index contributed by atoms with van der Waals surface area (Å²) in [6.45, 7) is 0.614. The molecule has 1 aliphatic carbocycles. The molecule has 1 saturated carbocycles. The second kappa shape index (κ2) is 8.94. The minimum atomic E-state index is -3.37. The molecule has 1 unspecified atom stereocenters. The van der Waals surface area contributed by atoms with Crippen LogP contribution < -0.4 is 10.1 Å². The first kappa shape index (κ1) is 21.1. The van der Waals surface area contributed by atoms with E-state index in [9.17, 15) is 13.2 Å². The fraction of sp³-hybridized carbons (Fsp3) is 0.240. The second-order valence-corrected chi connectivity index (χ2v) is 9.93. The molecular weight excluding hydrogens is 410 g/mol. The zero-order valence-electron chi connectivity index (χ0n) is 17.3. The zero-order valence-corrected chi connectivity index (χ0v) is 18.1. The number of hydrogen-bond donors (Lipinski definition) is 1. The Bertz CT molecular complexity index is 1170. The van der Waals surface area contributed by atoms with E-state index in [1.54, 1.807) is 36.4 Å². The highest BCUT2D eigenvalue weighted by molar-refractivity contribution is 7.90. The van der Waals surface area contributed by atoms with Gasteiger partial charge in [-0.25, -0.2) is 8.42 Å². The predicted octanol–water partition coefficient (Wildman–Crippen LogP) is 4.40. The number of sulfone groups is 1. The largest absolute Gasteiger partial charge is 0.492 e. The van der Waals surface area contributed by atoms with Crippen LogP contribution in [0.25, 0.3) is 0 Å². The predicted molar refractivity (Wildman–Crippen MR) is 120 cm³/mol. The average molecular weight is 436 g/mol. The Morgan fingerprint density at radius 3 is 2.35 bits per heavy atom. The number of benzene rings is 3. The lowest BCUT2D eigenvalue weighted by atomic mass is 9.98. The van der Waals surface area contributed by atoms with Gasteiger partial charge < -0.3 is 10.1 Å². The third-order valence-electron chi connectivity index (χ3n) is 5.33. The van der Waals surface area contributed by atoms with Gasteiger partial charge in [0.05, 0.1) is 23.1 Å². The highest BCUT2D eigenvalue weighted by Gasteiger charge is 2.24. The van der Waals surface area contributed by atoms with Crippen molar-refractivity contribution in [2.45, 2.75) is 23.8 Å². The zero-order chi connectivity index (χ0) is 21.8. The molecule has 1 N–H and O–H groups in total. The van der Waals surface area contributed by atoms with Gasteiger partial charge in [0, 0.05) is 6.26 Å². The molecule has 0 heterocycles. The van der Waals surface area contributed by atoms with E-state index in [4.69, 9.17) is 4.74 Å². The Labute approximate surface area is 183 Å².